The van der Waals surface area contributed by atoms with Gasteiger partial charge in [0.15, 0.2) is 23.6 Å². The minimum Gasteiger partial charge on any atom is -0.453 e. The Hall–Kier alpha value is -2.16. The van der Waals surface area contributed by atoms with Gasteiger partial charge in [-0.1, -0.05) is 38.3 Å². The molecule has 2 atom stereocenters. The molecule has 3 aliphatic rings. The topological polar surface area (TPSA) is 27.7 Å². The quantitative estimate of drug-likeness (QED) is 0.135. The third-order valence-corrected chi connectivity index (χ3v) is 9.41. The Bertz CT molecular complexity index is 1010. The zero-order chi connectivity index (χ0) is 30.1. The zero-order valence-corrected chi connectivity index (χ0v) is 24.4. The van der Waals surface area contributed by atoms with Crippen LogP contribution in [-0.4, -0.2) is 18.8 Å². The fourth-order valence-electron chi connectivity index (χ4n) is 7.00. The summed E-state index contributed by atoms with van der Waals surface area (Å²) in [4.78, 5) is 0. The Balaban J connectivity index is 1.14. The van der Waals surface area contributed by atoms with Crippen molar-refractivity contribution >= 4 is 0 Å². The zero-order valence-electron chi connectivity index (χ0n) is 24.4. The van der Waals surface area contributed by atoms with Gasteiger partial charge in [-0.05, 0) is 94.3 Å². The van der Waals surface area contributed by atoms with E-state index in [2.05, 4.69) is 28.5 Å². The summed E-state index contributed by atoms with van der Waals surface area (Å²) in [7, 11) is 0. The van der Waals surface area contributed by atoms with Gasteiger partial charge in [-0.2, -0.15) is 17.6 Å². The normalized spacial score (nSPS) is 28.9. The van der Waals surface area contributed by atoms with Crippen LogP contribution in [0.15, 0.2) is 36.6 Å². The molecule has 1 saturated heterocycles. The summed E-state index contributed by atoms with van der Waals surface area (Å²) < 4.78 is 97.2. The molecule has 9 heteroatoms. The molecule has 2 saturated carbocycles. The molecule has 236 valence electrons. The van der Waals surface area contributed by atoms with Crippen LogP contribution in [0.4, 0.5) is 26.3 Å². The fourth-order valence-corrected chi connectivity index (χ4v) is 7.00. The summed E-state index contributed by atoms with van der Waals surface area (Å²) in [6, 6.07) is 1.01. The van der Waals surface area contributed by atoms with Gasteiger partial charge in [0.25, 0.3) is 0 Å². The lowest BCUT2D eigenvalue weighted by atomic mass is 9.75. The summed E-state index contributed by atoms with van der Waals surface area (Å²) in [5.41, 5.74) is 0. The molecule has 1 aliphatic heterocycles. The molecular weight excluding hydrogens is 558 g/mol. The number of halogens is 6. The molecular formula is C33H44F6O3. The van der Waals surface area contributed by atoms with E-state index < -0.39 is 41.2 Å². The molecule has 2 aliphatic carbocycles. The van der Waals surface area contributed by atoms with Crippen molar-refractivity contribution in [1.29, 1.82) is 0 Å². The van der Waals surface area contributed by atoms with E-state index in [1.165, 1.54) is 51.4 Å². The molecule has 0 spiro atoms. The Kier molecular flexibility index (Phi) is 12.1. The molecule has 1 aromatic rings. The van der Waals surface area contributed by atoms with Crippen LogP contribution >= 0.6 is 0 Å². The minimum atomic E-state index is -3.63. The van der Waals surface area contributed by atoms with Crippen LogP contribution < -0.4 is 9.47 Å². The molecule has 1 aromatic carbocycles. The van der Waals surface area contributed by atoms with Crippen LogP contribution in [0.3, 0.4) is 0 Å². The highest BCUT2D eigenvalue weighted by molar-refractivity contribution is 5.35. The molecule has 3 fully saturated rings. The van der Waals surface area contributed by atoms with Crippen molar-refractivity contribution in [3.05, 3.63) is 48.3 Å². The average molecular weight is 603 g/mol. The lowest BCUT2D eigenvalue weighted by Crippen LogP contribution is -2.37. The molecule has 42 heavy (non-hydrogen) atoms. The molecule has 3 nitrogen and oxygen atoms in total. The number of alkyl halides is 2. The summed E-state index contributed by atoms with van der Waals surface area (Å²) in [6.45, 7) is 3.18. The first kappa shape index (κ1) is 32.7. The predicted molar refractivity (Wildman–Crippen MR) is 150 cm³/mol. The van der Waals surface area contributed by atoms with Gasteiger partial charge in [0, 0.05) is 18.7 Å². The number of allylic oxidation sites excluding steroid dienone is 2. The largest absolute Gasteiger partial charge is 0.453 e. The maximum Gasteiger partial charge on any atom is 0.400 e. The van der Waals surface area contributed by atoms with E-state index in [4.69, 9.17) is 4.74 Å². The second kappa shape index (κ2) is 15.5. The first-order valence-corrected chi connectivity index (χ1v) is 15.7. The first-order chi connectivity index (χ1) is 20.1. The van der Waals surface area contributed by atoms with Crippen LogP contribution in [0, 0.1) is 41.2 Å². The smallest absolute Gasteiger partial charge is 0.400 e. The SMILES string of the molecule is CCCC1CCC(C2CCC(CCC=CC3CCC(C(F)(F)Oc4cc(F)c(OC=C(F)F)c(F)c4)CC3)CC2)OC1. The number of ether oxygens (including phenoxy) is 3. The van der Waals surface area contributed by atoms with Gasteiger partial charge in [-0.15, -0.1) is 0 Å². The van der Waals surface area contributed by atoms with Crippen LogP contribution in [0.1, 0.15) is 96.8 Å². The molecule has 0 N–H and O–H groups in total. The van der Waals surface area contributed by atoms with Gasteiger partial charge in [0.1, 0.15) is 5.75 Å². The van der Waals surface area contributed by atoms with Crippen LogP contribution in [0.5, 0.6) is 11.5 Å². The van der Waals surface area contributed by atoms with Gasteiger partial charge >= 0.3 is 12.2 Å². The number of hydrogen-bond donors (Lipinski definition) is 0. The first-order valence-electron chi connectivity index (χ1n) is 15.7. The predicted octanol–water partition coefficient (Wildman–Crippen LogP) is 10.6. The van der Waals surface area contributed by atoms with E-state index in [-0.39, 0.29) is 25.0 Å². The molecule has 0 aromatic heterocycles. The van der Waals surface area contributed by atoms with Gasteiger partial charge in [-0.25, -0.2) is 8.78 Å². The molecule has 0 bridgehead atoms. The number of rotatable bonds is 12. The van der Waals surface area contributed by atoms with Crippen molar-refractivity contribution in [2.45, 2.75) is 109 Å². The van der Waals surface area contributed by atoms with E-state index >= 15 is 0 Å². The highest BCUT2D eigenvalue weighted by Gasteiger charge is 2.44. The Morgan fingerprint density at radius 1 is 0.905 bits per heavy atom. The average Bonchev–Trinajstić information content (AvgIpc) is 2.96. The van der Waals surface area contributed by atoms with Crippen molar-refractivity contribution in [3.8, 4) is 11.5 Å². The summed E-state index contributed by atoms with van der Waals surface area (Å²) in [5.74, 6) is -3.35. The standard InChI is InChI=1S/C33H44F6O3/c1-2-5-24-12-17-30(40-20-24)25-13-8-22(9-14-25)6-3-4-7-23-10-15-26(16-11-23)33(38,39)42-27-18-28(34)32(29(35)19-27)41-21-31(36)37/h4,7,18-19,21-26,30H,2-3,5-6,8-17,20H2,1H3. The van der Waals surface area contributed by atoms with E-state index in [9.17, 15) is 26.3 Å². The number of benzene rings is 1. The Morgan fingerprint density at radius 3 is 2.17 bits per heavy atom. The minimum absolute atomic E-state index is 0.135. The molecule has 1 heterocycles. The maximum absolute atomic E-state index is 14.8. The van der Waals surface area contributed by atoms with Gasteiger partial charge in [0.2, 0.25) is 0 Å². The monoisotopic (exact) mass is 602 g/mol. The molecule has 4 rings (SSSR count). The summed E-state index contributed by atoms with van der Waals surface area (Å²) in [6.07, 6.45) is 12.6. The van der Waals surface area contributed by atoms with Crippen molar-refractivity contribution in [2.75, 3.05) is 6.61 Å². The van der Waals surface area contributed by atoms with Crippen molar-refractivity contribution < 1.29 is 40.6 Å². The van der Waals surface area contributed by atoms with Crippen LogP contribution in [0.25, 0.3) is 0 Å². The molecule has 0 radical (unpaired) electrons. The molecule has 0 amide bonds. The van der Waals surface area contributed by atoms with E-state index in [1.54, 1.807) is 0 Å². The highest BCUT2D eigenvalue weighted by atomic mass is 19.3. The van der Waals surface area contributed by atoms with Crippen molar-refractivity contribution in [3.63, 3.8) is 0 Å². The second-order valence-corrected chi connectivity index (χ2v) is 12.4. The van der Waals surface area contributed by atoms with Crippen LogP contribution in [0.2, 0.25) is 0 Å². The fraction of sp³-hybridized carbons (Fsp3) is 0.697. The summed E-state index contributed by atoms with van der Waals surface area (Å²) >= 11 is 0. The van der Waals surface area contributed by atoms with Gasteiger partial charge in [-0.3, -0.25) is 0 Å². The third kappa shape index (κ3) is 9.42. The van der Waals surface area contributed by atoms with E-state index in [0.717, 1.165) is 31.3 Å². The highest BCUT2D eigenvalue weighted by Crippen LogP contribution is 2.42. The van der Waals surface area contributed by atoms with Crippen molar-refractivity contribution in [1.82, 2.24) is 0 Å². The second-order valence-electron chi connectivity index (χ2n) is 12.4. The Morgan fingerprint density at radius 2 is 1.57 bits per heavy atom. The Labute approximate surface area is 245 Å². The lowest BCUT2D eigenvalue weighted by Gasteiger charge is -2.38. The number of hydrogen-bond acceptors (Lipinski definition) is 3. The maximum atomic E-state index is 14.8. The van der Waals surface area contributed by atoms with E-state index in [0.29, 0.717) is 37.0 Å². The van der Waals surface area contributed by atoms with E-state index in [1.807, 2.05) is 0 Å². The third-order valence-electron chi connectivity index (χ3n) is 9.41. The van der Waals surface area contributed by atoms with Gasteiger partial charge in [0.05, 0.1) is 12.0 Å². The van der Waals surface area contributed by atoms with Crippen LogP contribution in [-0.2, 0) is 4.74 Å². The van der Waals surface area contributed by atoms with Crippen molar-refractivity contribution in [2.24, 2.45) is 29.6 Å². The van der Waals surface area contributed by atoms with Gasteiger partial charge < -0.3 is 14.2 Å². The molecule has 2 unspecified atom stereocenters. The lowest BCUT2D eigenvalue weighted by molar-refractivity contribution is -0.223. The summed E-state index contributed by atoms with van der Waals surface area (Å²) in [5, 5.41) is 0.